The summed E-state index contributed by atoms with van der Waals surface area (Å²) < 4.78 is 5.64. The summed E-state index contributed by atoms with van der Waals surface area (Å²) in [4.78, 5) is 12.4. The Morgan fingerprint density at radius 2 is 1.79 bits per heavy atom. The molecular formula is C21H32O3. The highest BCUT2D eigenvalue weighted by molar-refractivity contribution is 5.89. The summed E-state index contributed by atoms with van der Waals surface area (Å²) in [5.74, 6) is 0.242. The number of carbonyl (C=O) groups is 1. The first-order chi connectivity index (χ1) is 11.5. The summed E-state index contributed by atoms with van der Waals surface area (Å²) in [5.41, 5.74) is 1.80. The highest BCUT2D eigenvalue weighted by atomic mass is 16.5. The molecule has 1 fully saturated rings. The van der Waals surface area contributed by atoms with Crippen LogP contribution in [0.25, 0.3) is 0 Å². The molecule has 1 aromatic carbocycles. The van der Waals surface area contributed by atoms with Crippen molar-refractivity contribution in [2.45, 2.75) is 77.7 Å². The minimum absolute atomic E-state index is 0.0572. The summed E-state index contributed by atoms with van der Waals surface area (Å²) in [7, 11) is 0. The van der Waals surface area contributed by atoms with E-state index >= 15 is 0 Å². The lowest BCUT2D eigenvalue weighted by molar-refractivity contribution is -0.000836. The fourth-order valence-corrected chi connectivity index (χ4v) is 3.81. The van der Waals surface area contributed by atoms with Crippen LogP contribution in [0.4, 0.5) is 0 Å². The first-order valence-electron chi connectivity index (χ1n) is 9.41. The average Bonchev–Trinajstić information content (AvgIpc) is 2.61. The van der Waals surface area contributed by atoms with Gasteiger partial charge in [0.15, 0.2) is 0 Å². The smallest absolute Gasteiger partial charge is 0.338 e. The molecule has 0 aliphatic heterocycles. The van der Waals surface area contributed by atoms with Crippen LogP contribution in [-0.2, 0) is 4.74 Å². The van der Waals surface area contributed by atoms with Gasteiger partial charge in [-0.05, 0) is 61.6 Å². The van der Waals surface area contributed by atoms with Crippen LogP contribution in [0.1, 0.15) is 87.6 Å². The highest BCUT2D eigenvalue weighted by Gasteiger charge is 2.34. The topological polar surface area (TPSA) is 46.5 Å². The van der Waals surface area contributed by atoms with E-state index in [4.69, 9.17) is 4.74 Å². The van der Waals surface area contributed by atoms with Gasteiger partial charge in [-0.2, -0.15) is 0 Å². The van der Waals surface area contributed by atoms with E-state index in [1.54, 1.807) is 0 Å². The number of hydrogen-bond acceptors (Lipinski definition) is 3. The lowest BCUT2D eigenvalue weighted by Crippen LogP contribution is -2.33. The van der Waals surface area contributed by atoms with Gasteiger partial charge in [-0.25, -0.2) is 4.79 Å². The van der Waals surface area contributed by atoms with Crippen molar-refractivity contribution in [3.05, 3.63) is 35.4 Å². The van der Waals surface area contributed by atoms with Crippen molar-refractivity contribution >= 4 is 5.97 Å². The third kappa shape index (κ3) is 4.83. The first kappa shape index (κ1) is 19.0. The van der Waals surface area contributed by atoms with Gasteiger partial charge in [-0.1, -0.05) is 45.2 Å². The average molecular weight is 332 g/mol. The predicted octanol–water partition coefficient (Wildman–Crippen LogP) is 5.08. The van der Waals surface area contributed by atoms with Crippen LogP contribution in [0.2, 0.25) is 0 Å². The first-order valence-corrected chi connectivity index (χ1v) is 9.41. The summed E-state index contributed by atoms with van der Waals surface area (Å²) in [6, 6.07) is 7.76. The molecule has 0 saturated heterocycles. The summed E-state index contributed by atoms with van der Waals surface area (Å²) >= 11 is 0. The van der Waals surface area contributed by atoms with Crippen molar-refractivity contribution in [1.29, 1.82) is 0 Å². The second-order valence-electron chi connectivity index (χ2n) is 7.57. The maximum absolute atomic E-state index is 12.4. The summed E-state index contributed by atoms with van der Waals surface area (Å²) in [6.45, 7) is 6.49. The molecule has 2 atom stereocenters. The van der Waals surface area contributed by atoms with E-state index in [9.17, 15) is 9.90 Å². The van der Waals surface area contributed by atoms with Gasteiger partial charge in [0, 0.05) is 6.61 Å². The quantitative estimate of drug-likeness (QED) is 0.708. The van der Waals surface area contributed by atoms with Gasteiger partial charge in [0.2, 0.25) is 0 Å². The molecule has 0 spiro atoms. The third-order valence-corrected chi connectivity index (χ3v) is 5.61. The van der Waals surface area contributed by atoms with Gasteiger partial charge >= 0.3 is 5.97 Å². The lowest BCUT2D eigenvalue weighted by atomic mass is 9.71. The number of ether oxygens (including phenoxy) is 1. The van der Waals surface area contributed by atoms with Crippen molar-refractivity contribution in [2.24, 2.45) is 5.41 Å². The number of hydrogen-bond donors (Lipinski definition) is 1. The lowest BCUT2D eigenvalue weighted by Gasteiger charge is -2.37. The normalized spacial score (nSPS) is 19.5. The molecule has 134 valence electrons. The zero-order valence-corrected chi connectivity index (χ0v) is 15.4. The van der Waals surface area contributed by atoms with Gasteiger partial charge in [0.1, 0.15) is 0 Å². The summed E-state index contributed by atoms with van der Waals surface area (Å²) in [6.07, 6.45) is 7.32. The van der Waals surface area contributed by atoms with Crippen LogP contribution < -0.4 is 0 Å². The second-order valence-corrected chi connectivity index (χ2v) is 7.57. The highest BCUT2D eigenvalue weighted by Crippen LogP contribution is 2.40. The molecule has 0 heterocycles. The van der Waals surface area contributed by atoms with Crippen molar-refractivity contribution in [3.8, 4) is 0 Å². The Kier molecular flexibility index (Phi) is 6.85. The Morgan fingerprint density at radius 1 is 1.17 bits per heavy atom. The fraction of sp³-hybridized carbons (Fsp3) is 0.667. The zero-order chi connectivity index (χ0) is 17.6. The molecule has 1 aliphatic carbocycles. The molecule has 24 heavy (non-hydrogen) atoms. The molecule has 3 heteroatoms. The van der Waals surface area contributed by atoms with Gasteiger partial charge in [0.25, 0.3) is 0 Å². The van der Waals surface area contributed by atoms with Crippen LogP contribution in [-0.4, -0.2) is 23.8 Å². The number of esters is 1. The maximum atomic E-state index is 12.4. The Balaban J connectivity index is 1.93. The number of aliphatic hydroxyl groups is 1. The molecule has 1 N–H and O–H groups in total. The van der Waals surface area contributed by atoms with Gasteiger partial charge in [-0.3, -0.25) is 0 Å². The van der Waals surface area contributed by atoms with Crippen LogP contribution in [0.3, 0.4) is 0 Å². The summed E-state index contributed by atoms with van der Waals surface area (Å²) in [5, 5.41) is 9.81. The fourth-order valence-electron chi connectivity index (χ4n) is 3.81. The van der Waals surface area contributed by atoms with Crippen molar-refractivity contribution < 1.29 is 14.6 Å². The van der Waals surface area contributed by atoms with E-state index in [-0.39, 0.29) is 24.1 Å². The van der Waals surface area contributed by atoms with Crippen molar-refractivity contribution in [1.82, 2.24) is 0 Å². The Bertz CT molecular complexity index is 514. The van der Waals surface area contributed by atoms with Gasteiger partial charge in [0.05, 0.1) is 11.7 Å². The molecule has 2 unspecified atom stereocenters. The van der Waals surface area contributed by atoms with E-state index < -0.39 is 0 Å². The van der Waals surface area contributed by atoms with Crippen molar-refractivity contribution in [2.75, 3.05) is 6.61 Å². The monoisotopic (exact) mass is 332 g/mol. The van der Waals surface area contributed by atoms with Crippen LogP contribution in [0.5, 0.6) is 0 Å². The van der Waals surface area contributed by atoms with Crippen LogP contribution in [0.15, 0.2) is 24.3 Å². The van der Waals surface area contributed by atoms with Gasteiger partial charge in [-0.15, -0.1) is 0 Å². The number of benzene rings is 1. The number of carbonyl (C=O) groups excluding carboxylic acids is 1. The largest absolute Gasteiger partial charge is 0.459 e. The molecule has 2 rings (SSSR count). The second kappa shape index (κ2) is 8.66. The number of aliphatic hydroxyl groups excluding tert-OH is 1. The minimum atomic E-state index is -0.262. The van der Waals surface area contributed by atoms with Crippen LogP contribution >= 0.6 is 0 Å². The van der Waals surface area contributed by atoms with E-state index in [0.717, 1.165) is 38.5 Å². The van der Waals surface area contributed by atoms with Gasteiger partial charge < -0.3 is 9.84 Å². The predicted molar refractivity (Wildman–Crippen MR) is 97.2 cm³/mol. The van der Waals surface area contributed by atoms with Crippen molar-refractivity contribution in [3.63, 3.8) is 0 Å². The molecule has 3 nitrogen and oxygen atoms in total. The molecule has 1 aliphatic rings. The molecule has 0 radical (unpaired) electrons. The minimum Gasteiger partial charge on any atom is -0.459 e. The Hall–Kier alpha value is -1.35. The number of rotatable bonds is 7. The van der Waals surface area contributed by atoms with E-state index in [0.29, 0.717) is 11.5 Å². The molecule has 0 aromatic heterocycles. The maximum Gasteiger partial charge on any atom is 0.338 e. The zero-order valence-electron chi connectivity index (χ0n) is 15.4. The molecule has 0 amide bonds. The molecular weight excluding hydrogens is 300 g/mol. The van der Waals surface area contributed by atoms with E-state index in [1.165, 1.54) is 12.0 Å². The Labute approximate surface area is 146 Å². The standard InChI is InChI=1S/C21H32O3/c1-4-16(2)18-8-10-19(11-9-18)20(23)24-17(3)14-21(15-22)12-6-5-7-13-21/h8-11,16-17,22H,4-7,12-15H2,1-3H3. The van der Waals surface area contributed by atoms with E-state index in [2.05, 4.69) is 13.8 Å². The SMILES string of the molecule is CCC(C)c1ccc(C(=O)OC(C)CC2(CO)CCCCC2)cc1. The molecule has 1 aromatic rings. The third-order valence-electron chi connectivity index (χ3n) is 5.61. The molecule has 1 saturated carbocycles. The van der Waals surface area contributed by atoms with E-state index in [1.807, 2.05) is 31.2 Å². The molecule has 0 bridgehead atoms. The Morgan fingerprint density at radius 3 is 2.33 bits per heavy atom. The van der Waals surface area contributed by atoms with Crippen LogP contribution in [0, 0.1) is 5.41 Å².